The van der Waals surface area contributed by atoms with Crippen LogP contribution in [-0.4, -0.2) is 14.5 Å². The molecule has 0 unspecified atom stereocenters. The Balaban J connectivity index is 2.36. The largest absolute Gasteiger partial charge is 0.319 e. The third-order valence-corrected chi connectivity index (χ3v) is 3.42. The molecule has 0 fully saturated rings. The summed E-state index contributed by atoms with van der Waals surface area (Å²) in [6.45, 7) is 8.72. The van der Waals surface area contributed by atoms with Crippen molar-refractivity contribution in [1.29, 1.82) is 0 Å². The second-order valence-electron chi connectivity index (χ2n) is 6.17. The number of fused-ring (bicyclic) bond motifs is 1. The van der Waals surface area contributed by atoms with E-state index in [2.05, 4.69) is 55.4 Å². The van der Waals surface area contributed by atoms with Gasteiger partial charge < -0.3 is 4.57 Å². The van der Waals surface area contributed by atoms with Gasteiger partial charge in [0, 0.05) is 23.5 Å². The van der Waals surface area contributed by atoms with Crippen LogP contribution in [0, 0.1) is 6.92 Å². The summed E-state index contributed by atoms with van der Waals surface area (Å²) in [6, 6.07) is 10.5. The monoisotopic (exact) mass is 265 g/mol. The summed E-state index contributed by atoms with van der Waals surface area (Å²) in [7, 11) is 0. The van der Waals surface area contributed by atoms with Crippen LogP contribution in [0.5, 0.6) is 0 Å². The standard InChI is InChI=1S/C17H19N3/c1-12-5-6-15-14(11-12)19-16(20(15)17(2,3)4)13-7-9-18-10-8-13/h5-11H,1-4H3. The van der Waals surface area contributed by atoms with Crippen LogP contribution in [0.3, 0.4) is 0 Å². The minimum absolute atomic E-state index is 0.0252. The number of aryl methyl sites for hydroxylation is 1. The molecule has 0 bridgehead atoms. The Morgan fingerprint density at radius 3 is 2.35 bits per heavy atom. The van der Waals surface area contributed by atoms with Crippen LogP contribution in [0.25, 0.3) is 22.4 Å². The van der Waals surface area contributed by atoms with Gasteiger partial charge in [0.25, 0.3) is 0 Å². The molecule has 0 amide bonds. The smallest absolute Gasteiger partial charge is 0.141 e. The van der Waals surface area contributed by atoms with Crippen LogP contribution >= 0.6 is 0 Å². The Labute approximate surface area is 119 Å². The van der Waals surface area contributed by atoms with Crippen molar-refractivity contribution in [3.63, 3.8) is 0 Å². The van der Waals surface area contributed by atoms with Gasteiger partial charge in [-0.25, -0.2) is 4.98 Å². The molecule has 20 heavy (non-hydrogen) atoms. The zero-order valence-electron chi connectivity index (χ0n) is 12.4. The van der Waals surface area contributed by atoms with Crippen molar-refractivity contribution in [3.05, 3.63) is 48.3 Å². The van der Waals surface area contributed by atoms with Crippen LogP contribution in [-0.2, 0) is 5.54 Å². The van der Waals surface area contributed by atoms with Gasteiger partial charge in [0.2, 0.25) is 0 Å². The lowest BCUT2D eigenvalue weighted by molar-refractivity contribution is 0.413. The van der Waals surface area contributed by atoms with Crippen LogP contribution < -0.4 is 0 Å². The maximum Gasteiger partial charge on any atom is 0.141 e. The van der Waals surface area contributed by atoms with Gasteiger partial charge in [-0.1, -0.05) is 6.07 Å². The third kappa shape index (κ3) is 2.09. The molecule has 0 N–H and O–H groups in total. The highest BCUT2D eigenvalue weighted by Gasteiger charge is 2.22. The molecule has 3 rings (SSSR count). The van der Waals surface area contributed by atoms with E-state index in [1.807, 2.05) is 24.5 Å². The summed E-state index contributed by atoms with van der Waals surface area (Å²) in [6.07, 6.45) is 3.62. The summed E-state index contributed by atoms with van der Waals surface area (Å²) < 4.78 is 2.30. The topological polar surface area (TPSA) is 30.7 Å². The Hall–Kier alpha value is -2.16. The van der Waals surface area contributed by atoms with Crippen molar-refractivity contribution in [2.24, 2.45) is 0 Å². The first-order valence-corrected chi connectivity index (χ1v) is 6.87. The molecule has 0 saturated heterocycles. The zero-order chi connectivity index (χ0) is 14.3. The van der Waals surface area contributed by atoms with Crippen LogP contribution in [0.15, 0.2) is 42.7 Å². The first kappa shape index (κ1) is 12.9. The molecule has 1 aromatic carbocycles. The first-order valence-electron chi connectivity index (χ1n) is 6.87. The lowest BCUT2D eigenvalue weighted by Gasteiger charge is -2.24. The number of nitrogens with zero attached hydrogens (tertiary/aromatic N) is 3. The molecule has 2 heterocycles. The van der Waals surface area contributed by atoms with E-state index < -0.39 is 0 Å². The third-order valence-electron chi connectivity index (χ3n) is 3.42. The summed E-state index contributed by atoms with van der Waals surface area (Å²) >= 11 is 0. The Bertz CT molecular complexity index is 749. The predicted molar refractivity (Wildman–Crippen MR) is 82.7 cm³/mol. The van der Waals surface area contributed by atoms with Crippen molar-refractivity contribution in [2.75, 3.05) is 0 Å². The molecule has 3 nitrogen and oxygen atoms in total. The quantitative estimate of drug-likeness (QED) is 0.661. The fraction of sp³-hybridized carbons (Fsp3) is 0.294. The Morgan fingerprint density at radius 1 is 1.00 bits per heavy atom. The van der Waals surface area contributed by atoms with Crippen LogP contribution in [0.1, 0.15) is 26.3 Å². The van der Waals surface area contributed by atoms with E-state index in [9.17, 15) is 0 Å². The summed E-state index contributed by atoms with van der Waals surface area (Å²) in [4.78, 5) is 8.94. The van der Waals surface area contributed by atoms with Gasteiger partial charge >= 0.3 is 0 Å². The van der Waals surface area contributed by atoms with Gasteiger partial charge in [-0.05, 0) is 57.5 Å². The lowest BCUT2D eigenvalue weighted by Crippen LogP contribution is -2.22. The fourth-order valence-corrected chi connectivity index (χ4v) is 2.56. The highest BCUT2D eigenvalue weighted by atomic mass is 15.1. The summed E-state index contributed by atoms with van der Waals surface area (Å²) in [5.74, 6) is 1.00. The maximum atomic E-state index is 4.85. The van der Waals surface area contributed by atoms with Crippen molar-refractivity contribution >= 4 is 11.0 Å². The molecule has 0 radical (unpaired) electrons. The number of hydrogen-bond acceptors (Lipinski definition) is 2. The van der Waals surface area contributed by atoms with Gasteiger partial charge in [-0.15, -0.1) is 0 Å². The average Bonchev–Trinajstić information content (AvgIpc) is 2.78. The highest BCUT2D eigenvalue weighted by molar-refractivity contribution is 5.81. The molecule has 0 spiro atoms. The van der Waals surface area contributed by atoms with E-state index in [0.717, 1.165) is 16.9 Å². The van der Waals surface area contributed by atoms with Gasteiger partial charge in [0.05, 0.1) is 11.0 Å². The van der Waals surface area contributed by atoms with Crippen molar-refractivity contribution in [3.8, 4) is 11.4 Å². The second kappa shape index (κ2) is 4.44. The second-order valence-corrected chi connectivity index (χ2v) is 6.17. The van der Waals surface area contributed by atoms with E-state index in [1.54, 1.807) is 0 Å². The number of aromatic nitrogens is 3. The minimum atomic E-state index is -0.0252. The number of benzene rings is 1. The van der Waals surface area contributed by atoms with Gasteiger partial charge in [-0.3, -0.25) is 4.98 Å². The molecule has 0 aliphatic heterocycles. The minimum Gasteiger partial charge on any atom is -0.319 e. The van der Waals surface area contributed by atoms with Gasteiger partial charge in [-0.2, -0.15) is 0 Å². The van der Waals surface area contributed by atoms with Crippen molar-refractivity contribution < 1.29 is 0 Å². The molecule has 0 aliphatic rings. The summed E-state index contributed by atoms with van der Waals surface area (Å²) in [5, 5.41) is 0. The molecule has 0 saturated carbocycles. The highest BCUT2D eigenvalue weighted by Crippen LogP contribution is 2.31. The van der Waals surface area contributed by atoms with E-state index in [1.165, 1.54) is 11.1 Å². The lowest BCUT2D eigenvalue weighted by atomic mass is 10.1. The molecule has 3 heteroatoms. The molecule has 3 aromatic rings. The number of hydrogen-bond donors (Lipinski definition) is 0. The van der Waals surface area contributed by atoms with E-state index >= 15 is 0 Å². The maximum absolute atomic E-state index is 4.85. The molecule has 2 aromatic heterocycles. The number of pyridine rings is 1. The SMILES string of the molecule is Cc1ccc2c(c1)nc(-c1ccncc1)n2C(C)(C)C. The van der Waals surface area contributed by atoms with Crippen LogP contribution in [0.4, 0.5) is 0 Å². The number of imidazole rings is 1. The van der Waals surface area contributed by atoms with Gasteiger partial charge in [0.15, 0.2) is 0 Å². The molecular formula is C17H19N3. The Morgan fingerprint density at radius 2 is 1.70 bits per heavy atom. The van der Waals surface area contributed by atoms with E-state index in [-0.39, 0.29) is 5.54 Å². The Kier molecular flexibility index (Phi) is 2.85. The van der Waals surface area contributed by atoms with Gasteiger partial charge in [0.1, 0.15) is 5.82 Å². The molecule has 0 aliphatic carbocycles. The summed E-state index contributed by atoms with van der Waals surface area (Å²) in [5.41, 5.74) is 4.53. The molecule has 0 atom stereocenters. The fourth-order valence-electron chi connectivity index (χ4n) is 2.56. The zero-order valence-corrected chi connectivity index (χ0v) is 12.4. The first-order chi connectivity index (χ1) is 9.47. The van der Waals surface area contributed by atoms with Crippen molar-refractivity contribution in [2.45, 2.75) is 33.2 Å². The molecule has 102 valence electrons. The number of rotatable bonds is 1. The van der Waals surface area contributed by atoms with Crippen LogP contribution in [0.2, 0.25) is 0 Å². The molecular weight excluding hydrogens is 246 g/mol. The average molecular weight is 265 g/mol. The predicted octanol–water partition coefficient (Wildman–Crippen LogP) is 4.16. The van der Waals surface area contributed by atoms with Crippen molar-refractivity contribution in [1.82, 2.24) is 14.5 Å². The normalized spacial score (nSPS) is 12.0. The van der Waals surface area contributed by atoms with E-state index in [4.69, 9.17) is 4.98 Å². The van der Waals surface area contributed by atoms with E-state index in [0.29, 0.717) is 0 Å².